The Kier molecular flexibility index (Phi) is 5.07. The zero-order valence-corrected chi connectivity index (χ0v) is 9.13. The molecule has 2 N–H and O–H groups in total. The lowest BCUT2D eigenvalue weighted by molar-refractivity contribution is 0.812. The highest BCUT2D eigenvalue weighted by Gasteiger charge is 1.92. The van der Waals surface area contributed by atoms with Gasteiger partial charge in [-0.2, -0.15) is 0 Å². The summed E-state index contributed by atoms with van der Waals surface area (Å²) in [5.41, 5.74) is 6.67. The highest BCUT2D eigenvalue weighted by atomic mass is 32.2. The predicted molar refractivity (Wildman–Crippen MR) is 62.6 cm³/mol. The molecule has 1 rings (SSSR count). The topological polar surface area (TPSA) is 51.3 Å². The van der Waals surface area contributed by atoms with Crippen LogP contribution in [-0.2, 0) is 6.42 Å². The molecule has 0 atom stereocenters. The normalized spacial score (nSPS) is 11.6. The molecule has 0 radical (unpaired) electrons. The highest BCUT2D eigenvalue weighted by Crippen LogP contribution is 1.99. The molecule has 1 aromatic heterocycles. The number of thioether (sulfide) groups is 1. The first-order chi connectivity index (χ1) is 6.83. The van der Waals surface area contributed by atoms with Crippen molar-refractivity contribution in [2.24, 2.45) is 10.7 Å². The van der Waals surface area contributed by atoms with Crippen LogP contribution in [0.4, 0.5) is 0 Å². The predicted octanol–water partition coefficient (Wildman–Crippen LogP) is 1.69. The van der Waals surface area contributed by atoms with Crippen LogP contribution in [-0.4, -0.2) is 23.0 Å². The zero-order chi connectivity index (χ0) is 10.2. The van der Waals surface area contributed by atoms with E-state index in [1.807, 2.05) is 30.7 Å². The monoisotopic (exact) mass is 209 g/mol. The van der Waals surface area contributed by atoms with Gasteiger partial charge < -0.3 is 5.73 Å². The minimum absolute atomic E-state index is 0.658. The molecule has 0 spiro atoms. The third-order valence-corrected chi connectivity index (χ3v) is 2.34. The van der Waals surface area contributed by atoms with Crippen LogP contribution in [0.2, 0.25) is 0 Å². The molecule has 3 nitrogen and oxygen atoms in total. The second-order valence-electron chi connectivity index (χ2n) is 2.85. The van der Waals surface area contributed by atoms with Crippen LogP contribution in [0.3, 0.4) is 0 Å². The third kappa shape index (κ3) is 4.28. The number of pyridine rings is 1. The van der Waals surface area contributed by atoms with Crippen LogP contribution in [0.15, 0.2) is 29.4 Å². The number of rotatable bonds is 4. The summed E-state index contributed by atoms with van der Waals surface area (Å²) in [5, 5.41) is 0.658. The SMILES string of the molecule is CSC(N)=NCCCc1ccccn1. The van der Waals surface area contributed by atoms with Gasteiger partial charge in [-0.25, -0.2) is 0 Å². The Hall–Kier alpha value is -1.03. The Labute approximate surface area is 88.8 Å². The molecule has 0 aliphatic heterocycles. The van der Waals surface area contributed by atoms with E-state index in [-0.39, 0.29) is 0 Å². The molecule has 0 fully saturated rings. The van der Waals surface area contributed by atoms with Crippen molar-refractivity contribution in [2.45, 2.75) is 12.8 Å². The maximum absolute atomic E-state index is 5.55. The number of hydrogen-bond donors (Lipinski definition) is 1. The van der Waals surface area contributed by atoms with E-state index in [4.69, 9.17) is 5.73 Å². The molecular weight excluding hydrogens is 194 g/mol. The maximum atomic E-state index is 5.55. The fraction of sp³-hybridized carbons (Fsp3) is 0.400. The minimum atomic E-state index is 0.658. The summed E-state index contributed by atoms with van der Waals surface area (Å²) < 4.78 is 0. The quantitative estimate of drug-likeness (QED) is 0.466. The fourth-order valence-electron chi connectivity index (χ4n) is 1.06. The summed E-state index contributed by atoms with van der Waals surface area (Å²) in [4.78, 5) is 8.42. The van der Waals surface area contributed by atoms with Gasteiger partial charge in [-0.1, -0.05) is 17.8 Å². The van der Waals surface area contributed by atoms with E-state index in [0.29, 0.717) is 5.17 Å². The second-order valence-corrected chi connectivity index (χ2v) is 3.68. The first kappa shape index (κ1) is 11.0. The fourth-order valence-corrected chi connectivity index (χ4v) is 1.28. The smallest absolute Gasteiger partial charge is 0.153 e. The summed E-state index contributed by atoms with van der Waals surface area (Å²) >= 11 is 1.48. The average molecular weight is 209 g/mol. The van der Waals surface area contributed by atoms with Gasteiger partial charge in [-0.15, -0.1) is 0 Å². The van der Waals surface area contributed by atoms with Crippen molar-refractivity contribution in [1.82, 2.24) is 4.98 Å². The van der Waals surface area contributed by atoms with Gasteiger partial charge in [0.1, 0.15) is 0 Å². The molecule has 0 amide bonds. The van der Waals surface area contributed by atoms with E-state index in [1.54, 1.807) is 0 Å². The second kappa shape index (κ2) is 6.43. The Morgan fingerprint density at radius 2 is 2.43 bits per heavy atom. The molecule has 0 saturated heterocycles. The molecule has 1 heterocycles. The van der Waals surface area contributed by atoms with Crippen molar-refractivity contribution in [1.29, 1.82) is 0 Å². The number of aryl methyl sites for hydroxylation is 1. The van der Waals surface area contributed by atoms with Crippen LogP contribution in [0.25, 0.3) is 0 Å². The number of aliphatic imine (C=N–C) groups is 1. The number of nitrogens with two attached hydrogens (primary N) is 1. The van der Waals surface area contributed by atoms with Gasteiger partial charge in [0.05, 0.1) is 0 Å². The van der Waals surface area contributed by atoms with E-state index in [9.17, 15) is 0 Å². The summed E-state index contributed by atoms with van der Waals surface area (Å²) in [6.07, 6.45) is 5.71. The third-order valence-electron chi connectivity index (χ3n) is 1.79. The van der Waals surface area contributed by atoms with Crippen LogP contribution in [0, 0.1) is 0 Å². The van der Waals surface area contributed by atoms with Crippen molar-refractivity contribution in [3.05, 3.63) is 30.1 Å². The molecule has 76 valence electrons. The van der Waals surface area contributed by atoms with E-state index in [1.165, 1.54) is 11.8 Å². The first-order valence-electron chi connectivity index (χ1n) is 4.56. The first-order valence-corrected chi connectivity index (χ1v) is 5.79. The number of nitrogens with zero attached hydrogens (tertiary/aromatic N) is 2. The van der Waals surface area contributed by atoms with Gasteiger partial charge in [0, 0.05) is 18.4 Å². The largest absolute Gasteiger partial charge is 0.379 e. The lowest BCUT2D eigenvalue weighted by Crippen LogP contribution is -2.06. The van der Waals surface area contributed by atoms with Gasteiger partial charge in [0.2, 0.25) is 0 Å². The molecular formula is C10H15N3S. The zero-order valence-electron chi connectivity index (χ0n) is 8.31. The molecule has 4 heteroatoms. The number of amidine groups is 1. The van der Waals surface area contributed by atoms with E-state index < -0.39 is 0 Å². The molecule has 0 aromatic carbocycles. The molecule has 0 bridgehead atoms. The standard InChI is InChI=1S/C10H15N3S/c1-14-10(11)13-8-4-6-9-5-2-3-7-12-9/h2-3,5,7H,4,6,8H2,1H3,(H2,11,13). The summed E-state index contributed by atoms with van der Waals surface area (Å²) in [6.45, 7) is 0.781. The lowest BCUT2D eigenvalue weighted by Gasteiger charge is -1.98. The molecule has 0 aliphatic carbocycles. The summed E-state index contributed by atoms with van der Waals surface area (Å²) in [5.74, 6) is 0. The molecule has 0 unspecified atom stereocenters. The minimum Gasteiger partial charge on any atom is -0.379 e. The molecule has 0 aliphatic rings. The van der Waals surface area contributed by atoms with Gasteiger partial charge in [-0.05, 0) is 31.2 Å². The summed E-state index contributed by atoms with van der Waals surface area (Å²) in [6, 6.07) is 5.96. The van der Waals surface area contributed by atoms with Gasteiger partial charge >= 0.3 is 0 Å². The average Bonchev–Trinajstić information content (AvgIpc) is 2.25. The van der Waals surface area contributed by atoms with Crippen molar-refractivity contribution in [3.63, 3.8) is 0 Å². The lowest BCUT2D eigenvalue weighted by atomic mass is 10.2. The highest BCUT2D eigenvalue weighted by molar-refractivity contribution is 8.13. The Bertz CT molecular complexity index is 285. The van der Waals surface area contributed by atoms with Crippen LogP contribution < -0.4 is 5.73 Å². The Morgan fingerprint density at radius 1 is 1.57 bits per heavy atom. The van der Waals surface area contributed by atoms with E-state index in [2.05, 4.69) is 9.98 Å². The van der Waals surface area contributed by atoms with E-state index in [0.717, 1.165) is 25.1 Å². The van der Waals surface area contributed by atoms with Crippen molar-refractivity contribution in [2.75, 3.05) is 12.8 Å². The van der Waals surface area contributed by atoms with Gasteiger partial charge in [-0.3, -0.25) is 9.98 Å². The molecule has 1 aromatic rings. The summed E-state index contributed by atoms with van der Waals surface area (Å²) in [7, 11) is 0. The van der Waals surface area contributed by atoms with Crippen LogP contribution in [0.1, 0.15) is 12.1 Å². The van der Waals surface area contributed by atoms with Crippen molar-refractivity contribution >= 4 is 16.9 Å². The van der Waals surface area contributed by atoms with Crippen LogP contribution >= 0.6 is 11.8 Å². The van der Waals surface area contributed by atoms with E-state index >= 15 is 0 Å². The molecule has 0 saturated carbocycles. The number of hydrogen-bond acceptors (Lipinski definition) is 3. The Balaban J connectivity index is 2.23. The van der Waals surface area contributed by atoms with Crippen LogP contribution in [0.5, 0.6) is 0 Å². The number of aromatic nitrogens is 1. The van der Waals surface area contributed by atoms with Crippen molar-refractivity contribution < 1.29 is 0 Å². The Morgan fingerprint density at radius 3 is 3.07 bits per heavy atom. The van der Waals surface area contributed by atoms with Gasteiger partial charge in [0.15, 0.2) is 5.17 Å². The maximum Gasteiger partial charge on any atom is 0.153 e. The van der Waals surface area contributed by atoms with Gasteiger partial charge in [0.25, 0.3) is 0 Å². The molecule has 14 heavy (non-hydrogen) atoms. The van der Waals surface area contributed by atoms with Crippen molar-refractivity contribution in [3.8, 4) is 0 Å².